The van der Waals surface area contributed by atoms with Gasteiger partial charge >= 0.3 is 6.18 Å². The van der Waals surface area contributed by atoms with Crippen LogP contribution in [0.2, 0.25) is 0 Å². The second-order valence-electron chi connectivity index (χ2n) is 6.19. The fourth-order valence-electron chi connectivity index (χ4n) is 3.23. The van der Waals surface area contributed by atoms with E-state index in [4.69, 9.17) is 0 Å². The Kier molecular flexibility index (Phi) is 3.89. The second-order valence-corrected chi connectivity index (χ2v) is 6.19. The first-order valence-electron chi connectivity index (χ1n) is 7.61. The van der Waals surface area contributed by atoms with Crippen LogP contribution in [0.25, 0.3) is 0 Å². The molecule has 0 radical (unpaired) electrons. The Balaban J connectivity index is 1.82. The molecule has 2 aliphatic rings. The van der Waals surface area contributed by atoms with Crippen molar-refractivity contribution in [3.63, 3.8) is 0 Å². The van der Waals surface area contributed by atoms with E-state index in [-0.39, 0.29) is 11.8 Å². The first-order chi connectivity index (χ1) is 10.4. The molecule has 0 bridgehead atoms. The summed E-state index contributed by atoms with van der Waals surface area (Å²) >= 11 is 0. The van der Waals surface area contributed by atoms with Gasteiger partial charge in [-0.25, -0.2) is 0 Å². The van der Waals surface area contributed by atoms with Gasteiger partial charge in [0.15, 0.2) is 0 Å². The number of rotatable bonds is 3. The minimum atomic E-state index is -4.36. The third-order valence-electron chi connectivity index (χ3n) is 4.74. The van der Waals surface area contributed by atoms with Crippen molar-refractivity contribution in [2.24, 2.45) is 5.92 Å². The number of carbonyl (C=O) groups excluding carboxylic acids is 1. The molecule has 2 N–H and O–H groups in total. The normalized spacial score (nSPS) is 23.9. The largest absolute Gasteiger partial charge is 0.416 e. The maximum atomic E-state index is 12.9. The zero-order valence-corrected chi connectivity index (χ0v) is 12.2. The van der Waals surface area contributed by atoms with E-state index in [2.05, 4.69) is 10.6 Å². The molecule has 0 aromatic heterocycles. The molecule has 1 saturated carbocycles. The highest BCUT2D eigenvalue weighted by molar-refractivity contribution is 5.80. The van der Waals surface area contributed by atoms with Gasteiger partial charge in [-0.2, -0.15) is 13.2 Å². The van der Waals surface area contributed by atoms with Crippen molar-refractivity contribution in [3.8, 4) is 0 Å². The first-order valence-corrected chi connectivity index (χ1v) is 7.61. The lowest BCUT2D eigenvalue weighted by Gasteiger charge is -2.44. The predicted octanol–water partition coefficient (Wildman–Crippen LogP) is 2.81. The molecule has 1 aliphatic carbocycles. The van der Waals surface area contributed by atoms with E-state index < -0.39 is 17.3 Å². The molecule has 120 valence electrons. The van der Waals surface area contributed by atoms with Crippen molar-refractivity contribution in [2.45, 2.75) is 37.4 Å². The monoisotopic (exact) mass is 312 g/mol. The van der Waals surface area contributed by atoms with Crippen LogP contribution in [-0.4, -0.2) is 19.0 Å². The van der Waals surface area contributed by atoms with Crippen LogP contribution < -0.4 is 10.6 Å². The summed E-state index contributed by atoms with van der Waals surface area (Å²) in [5.41, 5.74) is -0.720. The molecular formula is C16H19F3N2O. The van der Waals surface area contributed by atoms with Gasteiger partial charge in [0.05, 0.1) is 17.0 Å². The van der Waals surface area contributed by atoms with Crippen molar-refractivity contribution in [3.05, 3.63) is 35.4 Å². The van der Waals surface area contributed by atoms with Crippen molar-refractivity contribution < 1.29 is 18.0 Å². The van der Waals surface area contributed by atoms with Gasteiger partial charge in [-0.05, 0) is 49.9 Å². The summed E-state index contributed by atoms with van der Waals surface area (Å²) in [6, 6.07) is 5.34. The van der Waals surface area contributed by atoms with Gasteiger partial charge in [0.25, 0.3) is 0 Å². The topological polar surface area (TPSA) is 41.1 Å². The number of benzene rings is 1. The van der Waals surface area contributed by atoms with Crippen LogP contribution in [0.5, 0.6) is 0 Å². The van der Waals surface area contributed by atoms with Crippen molar-refractivity contribution in [1.29, 1.82) is 0 Å². The zero-order valence-electron chi connectivity index (χ0n) is 12.2. The Morgan fingerprint density at radius 2 is 2.09 bits per heavy atom. The van der Waals surface area contributed by atoms with Gasteiger partial charge in [0.1, 0.15) is 0 Å². The van der Waals surface area contributed by atoms with Crippen molar-refractivity contribution in [2.75, 3.05) is 13.1 Å². The van der Waals surface area contributed by atoms with Crippen LogP contribution in [0.15, 0.2) is 24.3 Å². The fourth-order valence-corrected chi connectivity index (χ4v) is 3.23. The summed E-state index contributed by atoms with van der Waals surface area (Å²) in [6.45, 7) is 1.46. The van der Waals surface area contributed by atoms with E-state index in [0.29, 0.717) is 24.9 Å². The lowest BCUT2D eigenvalue weighted by atomic mass is 9.71. The minimum absolute atomic E-state index is 0.0536. The molecular weight excluding hydrogens is 293 g/mol. The summed E-state index contributed by atoms with van der Waals surface area (Å²) < 4.78 is 38.7. The average Bonchev–Trinajstić information content (AvgIpc) is 2.96. The smallest absolute Gasteiger partial charge is 0.346 e. The van der Waals surface area contributed by atoms with Crippen LogP contribution in [0.4, 0.5) is 13.2 Å². The van der Waals surface area contributed by atoms with Crippen molar-refractivity contribution >= 4 is 5.91 Å². The number of hydrogen-bond donors (Lipinski definition) is 2. The summed E-state index contributed by atoms with van der Waals surface area (Å²) in [5.74, 6) is -0.134. The molecule has 3 nitrogen and oxygen atoms in total. The molecule has 0 spiro atoms. The first kappa shape index (κ1) is 15.3. The quantitative estimate of drug-likeness (QED) is 0.901. The molecule has 3 rings (SSSR count). The van der Waals surface area contributed by atoms with E-state index in [9.17, 15) is 18.0 Å². The highest BCUT2D eigenvalue weighted by Crippen LogP contribution is 2.43. The van der Waals surface area contributed by atoms with Crippen LogP contribution in [0, 0.1) is 5.92 Å². The highest BCUT2D eigenvalue weighted by atomic mass is 19.4. The fraction of sp³-hybridized carbons (Fsp3) is 0.562. The molecule has 1 amide bonds. The maximum absolute atomic E-state index is 12.9. The van der Waals surface area contributed by atoms with Gasteiger partial charge in [-0.3, -0.25) is 4.79 Å². The number of hydrogen-bond acceptors (Lipinski definition) is 2. The average molecular weight is 312 g/mol. The summed E-state index contributed by atoms with van der Waals surface area (Å²) in [4.78, 5) is 12.3. The Labute approximate surface area is 127 Å². The van der Waals surface area contributed by atoms with Crippen LogP contribution in [-0.2, 0) is 16.5 Å². The van der Waals surface area contributed by atoms with Crippen molar-refractivity contribution in [1.82, 2.24) is 10.6 Å². The Morgan fingerprint density at radius 3 is 2.64 bits per heavy atom. The van der Waals surface area contributed by atoms with E-state index in [0.717, 1.165) is 25.5 Å². The standard InChI is InChI=1S/C16H19F3N2O/c17-16(18,19)13-4-1-3-12(9-13)15(6-2-7-15)21-14(22)11-5-8-20-10-11/h1,3-4,9,11,20H,2,5-8,10H2,(H,21,22). The van der Waals surface area contributed by atoms with E-state index >= 15 is 0 Å². The van der Waals surface area contributed by atoms with Gasteiger partial charge < -0.3 is 10.6 Å². The number of halogens is 3. The van der Waals surface area contributed by atoms with Gasteiger partial charge in [-0.1, -0.05) is 12.1 Å². The molecule has 2 fully saturated rings. The third-order valence-corrected chi connectivity index (χ3v) is 4.74. The van der Waals surface area contributed by atoms with Gasteiger partial charge in [0, 0.05) is 6.54 Å². The Morgan fingerprint density at radius 1 is 1.32 bits per heavy atom. The number of alkyl halides is 3. The predicted molar refractivity (Wildman–Crippen MR) is 76.1 cm³/mol. The SMILES string of the molecule is O=C(NC1(c2cccc(C(F)(F)F)c2)CCC1)C1CCNC1. The van der Waals surface area contributed by atoms with Gasteiger partial charge in [0.2, 0.25) is 5.91 Å². The minimum Gasteiger partial charge on any atom is -0.346 e. The molecule has 1 aromatic carbocycles. The van der Waals surface area contributed by atoms with Gasteiger partial charge in [-0.15, -0.1) is 0 Å². The maximum Gasteiger partial charge on any atom is 0.416 e. The number of carbonyl (C=O) groups is 1. The second kappa shape index (κ2) is 5.57. The molecule has 1 saturated heterocycles. The molecule has 1 aliphatic heterocycles. The molecule has 1 unspecified atom stereocenters. The highest BCUT2D eigenvalue weighted by Gasteiger charge is 2.42. The molecule has 1 atom stereocenters. The van der Waals surface area contributed by atoms with Crippen LogP contribution in [0.3, 0.4) is 0 Å². The zero-order chi connectivity index (χ0) is 15.8. The number of amides is 1. The van der Waals surface area contributed by atoms with Crippen LogP contribution >= 0.6 is 0 Å². The van der Waals surface area contributed by atoms with Crippen LogP contribution in [0.1, 0.15) is 36.8 Å². The van der Waals surface area contributed by atoms with E-state index in [1.807, 2.05) is 0 Å². The summed E-state index contributed by atoms with van der Waals surface area (Å²) in [7, 11) is 0. The molecule has 22 heavy (non-hydrogen) atoms. The summed E-state index contributed by atoms with van der Waals surface area (Å²) in [6.07, 6.45) is -1.27. The number of nitrogens with one attached hydrogen (secondary N) is 2. The van der Waals surface area contributed by atoms with E-state index in [1.54, 1.807) is 6.07 Å². The molecule has 1 aromatic rings. The lowest BCUT2D eigenvalue weighted by molar-refractivity contribution is -0.137. The Bertz CT molecular complexity index is 561. The molecule has 6 heteroatoms. The molecule has 1 heterocycles. The van der Waals surface area contributed by atoms with E-state index in [1.165, 1.54) is 12.1 Å². The lowest BCUT2D eigenvalue weighted by Crippen LogP contribution is -2.52. The Hall–Kier alpha value is -1.56. The summed E-state index contributed by atoms with van der Waals surface area (Å²) in [5, 5.41) is 6.15. The third kappa shape index (κ3) is 2.84.